The average Bonchev–Trinajstić information content (AvgIpc) is 2.40. The molecular formula is C14H17ClFNO2. The van der Waals surface area contributed by atoms with Gasteiger partial charge in [-0.2, -0.15) is 0 Å². The minimum absolute atomic E-state index is 0.130. The highest BCUT2D eigenvalue weighted by atomic mass is 35.5. The Labute approximate surface area is 116 Å². The van der Waals surface area contributed by atoms with E-state index in [2.05, 4.69) is 5.32 Å². The number of benzene rings is 1. The number of carbonyl (C=O) groups is 1. The molecule has 0 spiro atoms. The lowest BCUT2D eigenvalue weighted by Crippen LogP contribution is -2.34. The normalized spacial score (nSPS) is 23.3. The molecule has 2 rings (SSSR count). The van der Waals surface area contributed by atoms with Crippen LogP contribution in [0.5, 0.6) is 0 Å². The summed E-state index contributed by atoms with van der Waals surface area (Å²) in [5.74, 6) is -1.31. The fourth-order valence-corrected chi connectivity index (χ4v) is 2.57. The Balaban J connectivity index is 1.80. The second-order valence-electron chi connectivity index (χ2n) is 5.02. The van der Waals surface area contributed by atoms with Gasteiger partial charge in [-0.05, 0) is 43.4 Å². The van der Waals surface area contributed by atoms with Gasteiger partial charge in [0, 0.05) is 12.6 Å². The van der Waals surface area contributed by atoms with Gasteiger partial charge in [0.1, 0.15) is 5.82 Å². The monoisotopic (exact) mass is 285 g/mol. The molecule has 0 unspecified atom stereocenters. The summed E-state index contributed by atoms with van der Waals surface area (Å²) in [6.07, 6.45) is 3.13. The van der Waals surface area contributed by atoms with E-state index in [0.717, 1.165) is 18.4 Å². The summed E-state index contributed by atoms with van der Waals surface area (Å²) in [6.45, 7) is 0.580. The third-order valence-electron chi connectivity index (χ3n) is 3.66. The zero-order chi connectivity index (χ0) is 13.8. The fraction of sp³-hybridized carbons (Fsp3) is 0.500. The molecule has 1 aromatic carbocycles. The van der Waals surface area contributed by atoms with Gasteiger partial charge in [0.25, 0.3) is 0 Å². The van der Waals surface area contributed by atoms with Gasteiger partial charge in [-0.3, -0.25) is 4.79 Å². The van der Waals surface area contributed by atoms with Gasteiger partial charge in [-0.25, -0.2) is 4.39 Å². The summed E-state index contributed by atoms with van der Waals surface area (Å²) in [6, 6.07) is 5.09. The largest absolute Gasteiger partial charge is 0.481 e. The number of halogens is 2. The van der Waals surface area contributed by atoms with Crippen LogP contribution in [0.3, 0.4) is 0 Å². The Hall–Kier alpha value is -1.13. The molecule has 0 heterocycles. The van der Waals surface area contributed by atoms with E-state index in [0.29, 0.717) is 25.4 Å². The molecule has 1 aliphatic carbocycles. The molecule has 1 saturated carbocycles. The topological polar surface area (TPSA) is 49.3 Å². The van der Waals surface area contributed by atoms with Crippen LogP contribution < -0.4 is 5.32 Å². The minimum atomic E-state index is -0.696. The van der Waals surface area contributed by atoms with Gasteiger partial charge in [0.15, 0.2) is 0 Å². The zero-order valence-corrected chi connectivity index (χ0v) is 11.3. The molecule has 2 N–H and O–H groups in total. The number of aliphatic carboxylic acids is 1. The van der Waals surface area contributed by atoms with E-state index in [1.165, 1.54) is 6.07 Å². The second-order valence-corrected chi connectivity index (χ2v) is 5.42. The summed E-state index contributed by atoms with van der Waals surface area (Å²) >= 11 is 5.62. The molecule has 0 bridgehead atoms. The van der Waals surface area contributed by atoms with Crippen molar-refractivity contribution in [3.8, 4) is 0 Å². The number of nitrogens with one attached hydrogen (secondary N) is 1. The Morgan fingerprint density at radius 3 is 2.63 bits per heavy atom. The van der Waals surface area contributed by atoms with Crippen LogP contribution in [-0.2, 0) is 11.3 Å². The first-order chi connectivity index (χ1) is 9.06. The molecule has 0 radical (unpaired) electrons. The third kappa shape index (κ3) is 3.91. The number of carboxylic acid groups (broad SMARTS) is 1. The summed E-state index contributed by atoms with van der Waals surface area (Å²) in [5, 5.41) is 12.4. The van der Waals surface area contributed by atoms with Crippen LogP contribution >= 0.6 is 11.6 Å². The predicted octanol–water partition coefficient (Wildman–Crippen LogP) is 3.21. The van der Waals surface area contributed by atoms with Crippen molar-refractivity contribution in [2.24, 2.45) is 5.92 Å². The molecule has 0 amide bonds. The van der Waals surface area contributed by atoms with Crippen molar-refractivity contribution < 1.29 is 14.3 Å². The Morgan fingerprint density at radius 1 is 1.37 bits per heavy atom. The van der Waals surface area contributed by atoms with Crippen LogP contribution in [0.1, 0.15) is 31.2 Å². The molecular weight excluding hydrogens is 269 g/mol. The molecule has 104 valence electrons. The maximum Gasteiger partial charge on any atom is 0.306 e. The van der Waals surface area contributed by atoms with Crippen molar-refractivity contribution in [2.45, 2.75) is 38.3 Å². The van der Waals surface area contributed by atoms with E-state index >= 15 is 0 Å². The molecule has 0 saturated heterocycles. The summed E-state index contributed by atoms with van der Waals surface area (Å²) < 4.78 is 13.3. The van der Waals surface area contributed by atoms with Gasteiger partial charge in [0.05, 0.1) is 10.9 Å². The average molecular weight is 286 g/mol. The summed E-state index contributed by atoms with van der Waals surface area (Å²) in [5.41, 5.74) is 0.849. The van der Waals surface area contributed by atoms with Gasteiger partial charge in [-0.1, -0.05) is 17.7 Å². The maximum absolute atomic E-state index is 13.3. The van der Waals surface area contributed by atoms with Crippen molar-refractivity contribution in [3.63, 3.8) is 0 Å². The molecule has 1 aromatic rings. The standard InChI is InChI=1S/C14H17ClFNO2/c15-12-6-1-9(7-13(12)16)8-17-11-4-2-10(3-5-11)14(18)19/h1,6-7,10-11,17H,2-5,8H2,(H,18,19). The van der Waals surface area contributed by atoms with Crippen LogP contribution in [0.4, 0.5) is 4.39 Å². The van der Waals surface area contributed by atoms with E-state index in [9.17, 15) is 9.18 Å². The Kier molecular flexibility index (Phi) is 4.77. The molecule has 0 aliphatic heterocycles. The van der Waals surface area contributed by atoms with Crippen molar-refractivity contribution >= 4 is 17.6 Å². The first-order valence-corrected chi connectivity index (χ1v) is 6.84. The zero-order valence-electron chi connectivity index (χ0n) is 10.5. The Morgan fingerprint density at radius 2 is 2.05 bits per heavy atom. The van der Waals surface area contributed by atoms with Crippen LogP contribution in [-0.4, -0.2) is 17.1 Å². The maximum atomic E-state index is 13.3. The summed E-state index contributed by atoms with van der Waals surface area (Å²) in [7, 11) is 0. The number of hydrogen-bond acceptors (Lipinski definition) is 2. The van der Waals surface area contributed by atoms with Crippen LogP contribution in [0.15, 0.2) is 18.2 Å². The lowest BCUT2D eigenvalue weighted by molar-refractivity contribution is -0.142. The lowest BCUT2D eigenvalue weighted by Gasteiger charge is -2.27. The van der Waals surface area contributed by atoms with E-state index in [4.69, 9.17) is 16.7 Å². The third-order valence-corrected chi connectivity index (χ3v) is 3.96. The number of rotatable bonds is 4. The molecule has 5 heteroatoms. The van der Waals surface area contributed by atoms with E-state index in [-0.39, 0.29) is 10.9 Å². The number of hydrogen-bond donors (Lipinski definition) is 2. The number of carboxylic acids is 1. The predicted molar refractivity (Wildman–Crippen MR) is 71.6 cm³/mol. The highest BCUT2D eigenvalue weighted by Gasteiger charge is 2.25. The quantitative estimate of drug-likeness (QED) is 0.893. The highest BCUT2D eigenvalue weighted by Crippen LogP contribution is 2.24. The van der Waals surface area contributed by atoms with Crippen molar-refractivity contribution in [2.75, 3.05) is 0 Å². The minimum Gasteiger partial charge on any atom is -0.481 e. The van der Waals surface area contributed by atoms with Crippen molar-refractivity contribution in [1.82, 2.24) is 5.32 Å². The molecule has 19 heavy (non-hydrogen) atoms. The Bertz CT molecular complexity index is 459. The molecule has 0 atom stereocenters. The SMILES string of the molecule is O=C(O)C1CCC(NCc2ccc(Cl)c(F)c2)CC1. The first-order valence-electron chi connectivity index (χ1n) is 6.46. The van der Waals surface area contributed by atoms with Gasteiger partial charge in [-0.15, -0.1) is 0 Å². The van der Waals surface area contributed by atoms with Crippen molar-refractivity contribution in [1.29, 1.82) is 0 Å². The lowest BCUT2D eigenvalue weighted by atomic mass is 9.86. The second kappa shape index (κ2) is 6.35. The van der Waals surface area contributed by atoms with Crippen LogP contribution in [0.25, 0.3) is 0 Å². The first kappa shape index (κ1) is 14.3. The van der Waals surface area contributed by atoms with Gasteiger partial charge >= 0.3 is 5.97 Å². The molecule has 0 aromatic heterocycles. The smallest absolute Gasteiger partial charge is 0.306 e. The van der Waals surface area contributed by atoms with Gasteiger partial charge < -0.3 is 10.4 Å². The van der Waals surface area contributed by atoms with Crippen LogP contribution in [0.2, 0.25) is 5.02 Å². The van der Waals surface area contributed by atoms with Crippen molar-refractivity contribution in [3.05, 3.63) is 34.6 Å². The summed E-state index contributed by atoms with van der Waals surface area (Å²) in [4.78, 5) is 10.8. The molecule has 1 aliphatic rings. The van der Waals surface area contributed by atoms with E-state index in [1.807, 2.05) is 0 Å². The van der Waals surface area contributed by atoms with E-state index < -0.39 is 11.8 Å². The van der Waals surface area contributed by atoms with E-state index in [1.54, 1.807) is 12.1 Å². The molecule has 1 fully saturated rings. The highest BCUT2D eigenvalue weighted by molar-refractivity contribution is 6.30. The van der Waals surface area contributed by atoms with Gasteiger partial charge in [0.2, 0.25) is 0 Å². The van der Waals surface area contributed by atoms with Crippen LogP contribution in [0, 0.1) is 11.7 Å². The molecule has 3 nitrogen and oxygen atoms in total. The fourth-order valence-electron chi connectivity index (χ4n) is 2.46.